The molecule has 1 aromatic carbocycles. The van der Waals surface area contributed by atoms with Crippen LogP contribution in [0.1, 0.15) is 44.2 Å². The van der Waals surface area contributed by atoms with E-state index in [9.17, 15) is 9.59 Å². The highest BCUT2D eigenvalue weighted by molar-refractivity contribution is 6.35. The number of carboxylic acids is 1. The van der Waals surface area contributed by atoms with Crippen molar-refractivity contribution >= 4 is 17.6 Å². The molecule has 108 valence electrons. The molecule has 0 aliphatic heterocycles. The van der Waals surface area contributed by atoms with Crippen molar-refractivity contribution in [1.29, 1.82) is 5.41 Å². The highest BCUT2D eigenvalue weighted by Gasteiger charge is 2.30. The van der Waals surface area contributed by atoms with Gasteiger partial charge in [0.25, 0.3) is 0 Å². The minimum absolute atomic E-state index is 0.0616. The Morgan fingerprint density at radius 3 is 2.10 bits per heavy atom. The Morgan fingerprint density at radius 1 is 1.25 bits per heavy atom. The maximum atomic E-state index is 11.9. The normalized spacial score (nSPS) is 12.8. The Hall–Kier alpha value is -2.17. The first-order valence-corrected chi connectivity index (χ1v) is 6.33. The van der Waals surface area contributed by atoms with E-state index in [0.717, 1.165) is 0 Å². The number of benzene rings is 1. The first-order valence-electron chi connectivity index (χ1n) is 6.33. The number of nitrogens with two attached hydrogens (primary N) is 1. The number of carbonyl (C=O) groups is 2. The Morgan fingerprint density at radius 2 is 1.75 bits per heavy atom. The van der Waals surface area contributed by atoms with Crippen molar-refractivity contribution < 1.29 is 14.7 Å². The summed E-state index contributed by atoms with van der Waals surface area (Å²) in [5, 5.41) is 16.3. The van der Waals surface area contributed by atoms with E-state index < -0.39 is 17.7 Å². The summed E-state index contributed by atoms with van der Waals surface area (Å²) in [4.78, 5) is 22.8. The molecule has 0 radical (unpaired) electrons. The molecule has 0 aliphatic carbocycles. The number of Topliss-reactive ketones (excluding diaryl/α,β-unsaturated/α-hetero) is 1. The number of ketones is 1. The third kappa shape index (κ3) is 4.19. The van der Waals surface area contributed by atoms with E-state index in [0.29, 0.717) is 17.5 Å². The number of nitrogen functional groups attached to an aromatic ring is 1. The zero-order chi connectivity index (χ0) is 15.5. The molecule has 1 unspecified atom stereocenters. The van der Waals surface area contributed by atoms with Gasteiger partial charge in [0.2, 0.25) is 5.78 Å². The second-order valence-corrected chi connectivity index (χ2v) is 6.02. The average molecular weight is 276 g/mol. The molecule has 4 N–H and O–H groups in total. The summed E-state index contributed by atoms with van der Waals surface area (Å²) in [6.45, 7) is 5.87. The monoisotopic (exact) mass is 276 g/mol. The van der Waals surface area contributed by atoms with Crippen LogP contribution in [-0.2, 0) is 9.59 Å². The predicted octanol–water partition coefficient (Wildman–Crippen LogP) is 2.14. The molecule has 20 heavy (non-hydrogen) atoms. The van der Waals surface area contributed by atoms with E-state index in [1.165, 1.54) is 0 Å². The average Bonchev–Trinajstić information content (AvgIpc) is 2.34. The predicted molar refractivity (Wildman–Crippen MR) is 76.9 cm³/mol. The van der Waals surface area contributed by atoms with Gasteiger partial charge in [-0.3, -0.25) is 10.2 Å². The third-order valence-corrected chi connectivity index (χ3v) is 2.97. The Bertz CT molecular complexity index is 527. The maximum Gasteiger partial charge on any atom is 0.372 e. The molecule has 0 aromatic heterocycles. The molecule has 1 aromatic rings. The lowest BCUT2D eigenvalue weighted by Crippen LogP contribution is -2.25. The molecule has 0 aliphatic rings. The number of nitrogens with one attached hydrogen (secondary N) is 1. The molecule has 0 heterocycles. The molecule has 0 spiro atoms. The minimum atomic E-state index is -1.42. The van der Waals surface area contributed by atoms with Gasteiger partial charge in [-0.1, -0.05) is 45.0 Å². The van der Waals surface area contributed by atoms with Crippen molar-refractivity contribution in [1.82, 2.24) is 0 Å². The SMILES string of the molecule is CC(C)(C)CC(C(=O)C(=O)O)c1ccc(C(=N)N)cc1. The molecule has 0 fully saturated rings. The van der Waals surface area contributed by atoms with Crippen molar-refractivity contribution in [2.75, 3.05) is 0 Å². The fraction of sp³-hybridized carbons (Fsp3) is 0.400. The van der Waals surface area contributed by atoms with Crippen LogP contribution in [-0.4, -0.2) is 22.7 Å². The standard InChI is InChI=1S/C15H20N2O3/c1-15(2,3)8-11(12(18)14(19)20)9-4-6-10(7-5-9)13(16)17/h4-7,11H,8H2,1-3H3,(H3,16,17)(H,19,20). The zero-order valence-corrected chi connectivity index (χ0v) is 11.9. The van der Waals surface area contributed by atoms with Crippen LogP contribution < -0.4 is 5.73 Å². The van der Waals surface area contributed by atoms with Crippen LogP contribution in [0, 0.1) is 10.8 Å². The largest absolute Gasteiger partial charge is 0.475 e. The summed E-state index contributed by atoms with van der Waals surface area (Å²) in [5.41, 5.74) is 6.38. The number of carbonyl (C=O) groups excluding carboxylic acids is 1. The summed E-state index contributed by atoms with van der Waals surface area (Å²) < 4.78 is 0. The highest BCUT2D eigenvalue weighted by atomic mass is 16.4. The molecular weight excluding hydrogens is 256 g/mol. The van der Waals surface area contributed by atoms with Gasteiger partial charge in [0.15, 0.2) is 0 Å². The fourth-order valence-electron chi connectivity index (χ4n) is 2.02. The maximum absolute atomic E-state index is 11.9. The Labute approximate surface area is 118 Å². The van der Waals surface area contributed by atoms with Crippen LogP contribution in [0.15, 0.2) is 24.3 Å². The van der Waals surface area contributed by atoms with Gasteiger partial charge in [-0.25, -0.2) is 4.79 Å². The number of amidine groups is 1. The summed E-state index contributed by atoms with van der Waals surface area (Å²) in [6.07, 6.45) is 0.442. The van der Waals surface area contributed by atoms with Gasteiger partial charge in [0.05, 0.1) is 5.92 Å². The number of hydrogen-bond acceptors (Lipinski definition) is 3. The Kier molecular flexibility index (Phi) is 4.65. The van der Waals surface area contributed by atoms with Gasteiger partial charge in [-0.2, -0.15) is 0 Å². The topological polar surface area (TPSA) is 104 Å². The molecule has 1 rings (SSSR count). The van der Waals surface area contributed by atoms with Gasteiger partial charge in [-0.05, 0) is 17.4 Å². The molecule has 5 heteroatoms. The van der Waals surface area contributed by atoms with Crippen molar-refractivity contribution in [2.45, 2.75) is 33.1 Å². The van der Waals surface area contributed by atoms with Crippen molar-refractivity contribution in [2.24, 2.45) is 11.1 Å². The molecular formula is C15H20N2O3. The molecule has 5 nitrogen and oxygen atoms in total. The van der Waals surface area contributed by atoms with Crippen molar-refractivity contribution in [3.05, 3.63) is 35.4 Å². The summed E-state index contributed by atoms with van der Waals surface area (Å²) in [5.74, 6) is -2.98. The fourth-order valence-corrected chi connectivity index (χ4v) is 2.02. The third-order valence-electron chi connectivity index (χ3n) is 2.97. The molecule has 0 amide bonds. The number of rotatable bonds is 5. The molecule has 0 saturated heterocycles. The molecule has 0 saturated carbocycles. The number of hydrogen-bond donors (Lipinski definition) is 3. The second kappa shape index (κ2) is 5.86. The summed E-state index contributed by atoms with van der Waals surface area (Å²) >= 11 is 0. The van der Waals surface area contributed by atoms with Gasteiger partial charge >= 0.3 is 5.97 Å². The van der Waals surface area contributed by atoms with E-state index in [4.69, 9.17) is 16.2 Å². The van der Waals surface area contributed by atoms with Crippen LogP contribution >= 0.6 is 0 Å². The first kappa shape index (κ1) is 15.9. The second-order valence-electron chi connectivity index (χ2n) is 6.02. The summed E-state index contributed by atoms with van der Waals surface area (Å²) in [7, 11) is 0. The lowest BCUT2D eigenvalue weighted by atomic mass is 9.79. The number of carboxylic acid groups (broad SMARTS) is 1. The molecule has 0 bridgehead atoms. The lowest BCUT2D eigenvalue weighted by Gasteiger charge is -2.24. The highest BCUT2D eigenvalue weighted by Crippen LogP contribution is 2.32. The van der Waals surface area contributed by atoms with E-state index in [1.54, 1.807) is 24.3 Å². The van der Waals surface area contributed by atoms with Crippen molar-refractivity contribution in [3.8, 4) is 0 Å². The van der Waals surface area contributed by atoms with E-state index in [1.807, 2.05) is 20.8 Å². The van der Waals surface area contributed by atoms with E-state index in [-0.39, 0.29) is 11.3 Å². The van der Waals surface area contributed by atoms with Gasteiger partial charge in [0, 0.05) is 5.56 Å². The van der Waals surface area contributed by atoms with Gasteiger partial charge in [0.1, 0.15) is 5.84 Å². The van der Waals surface area contributed by atoms with E-state index >= 15 is 0 Å². The quantitative estimate of drug-likeness (QED) is 0.435. The van der Waals surface area contributed by atoms with Crippen LogP contribution in [0.3, 0.4) is 0 Å². The lowest BCUT2D eigenvalue weighted by molar-refractivity contribution is -0.150. The van der Waals surface area contributed by atoms with E-state index in [2.05, 4.69) is 0 Å². The van der Waals surface area contributed by atoms with Crippen LogP contribution in [0.5, 0.6) is 0 Å². The van der Waals surface area contributed by atoms with Crippen LogP contribution in [0.2, 0.25) is 0 Å². The number of aliphatic carboxylic acids is 1. The molecule has 1 atom stereocenters. The minimum Gasteiger partial charge on any atom is -0.475 e. The van der Waals surface area contributed by atoms with Gasteiger partial charge in [-0.15, -0.1) is 0 Å². The van der Waals surface area contributed by atoms with Crippen LogP contribution in [0.4, 0.5) is 0 Å². The van der Waals surface area contributed by atoms with Crippen molar-refractivity contribution in [3.63, 3.8) is 0 Å². The Balaban J connectivity index is 3.13. The smallest absolute Gasteiger partial charge is 0.372 e. The van der Waals surface area contributed by atoms with Gasteiger partial charge < -0.3 is 10.8 Å². The van der Waals surface area contributed by atoms with Crippen LogP contribution in [0.25, 0.3) is 0 Å². The zero-order valence-electron chi connectivity index (χ0n) is 11.9. The summed E-state index contributed by atoms with van der Waals surface area (Å²) in [6, 6.07) is 6.58. The first-order chi connectivity index (χ1) is 9.11.